The van der Waals surface area contributed by atoms with Crippen LogP contribution < -0.4 is 5.43 Å². The zero-order valence-corrected chi connectivity index (χ0v) is 9.62. The Morgan fingerprint density at radius 1 is 1.58 bits per heavy atom. The molecule has 0 aromatic heterocycles. The summed E-state index contributed by atoms with van der Waals surface area (Å²) in [7, 11) is 0. The van der Waals surface area contributed by atoms with E-state index in [1.807, 2.05) is 0 Å². The van der Waals surface area contributed by atoms with Crippen LogP contribution in [0.4, 0.5) is 0 Å². The van der Waals surface area contributed by atoms with Crippen LogP contribution in [0, 0.1) is 0 Å². The van der Waals surface area contributed by atoms with Gasteiger partial charge in [0.1, 0.15) is 4.87 Å². The molecule has 1 aliphatic rings. The molecule has 1 aliphatic heterocycles. The van der Waals surface area contributed by atoms with Crippen LogP contribution in [-0.2, 0) is 0 Å². The first-order chi connectivity index (χ1) is 5.52. The molecule has 0 amide bonds. The smallest absolute Gasteiger partial charge is 0.149 e. The van der Waals surface area contributed by atoms with Crippen LogP contribution >= 0.6 is 50.5 Å². The normalized spacial score (nSPS) is 28.6. The summed E-state index contributed by atoms with van der Waals surface area (Å²) in [6.45, 7) is 0. The zero-order valence-electron chi connectivity index (χ0n) is 6.05. The van der Waals surface area contributed by atoms with E-state index in [9.17, 15) is 0 Å². The summed E-state index contributed by atoms with van der Waals surface area (Å²) < 4.78 is -0.0723. The molecular weight excluding hydrogens is 230 g/mol. The number of nitrogens with zero attached hydrogens (tertiary/aromatic N) is 2. The predicted molar refractivity (Wildman–Crippen MR) is 63.2 cm³/mol. The lowest BCUT2D eigenvalue weighted by atomic mass is 10.2. The highest BCUT2D eigenvalue weighted by atomic mass is 32.2. The van der Waals surface area contributed by atoms with Crippen molar-refractivity contribution in [2.45, 2.75) is 15.9 Å². The van der Waals surface area contributed by atoms with Gasteiger partial charge in [0.15, 0.2) is 0 Å². The van der Waals surface area contributed by atoms with E-state index in [2.05, 4.69) is 66.3 Å². The lowest BCUT2D eigenvalue weighted by molar-refractivity contribution is 0.609. The van der Waals surface area contributed by atoms with E-state index >= 15 is 0 Å². The first-order valence-corrected chi connectivity index (χ1v) is 5.13. The third-order valence-corrected chi connectivity index (χ3v) is 2.23. The molecule has 12 heavy (non-hydrogen) atoms. The molecule has 0 aromatic carbocycles. The minimum Gasteiger partial charge on any atom is -0.254 e. The highest BCUT2D eigenvalue weighted by Crippen LogP contribution is 2.31. The number of hydrogen-bond donors (Lipinski definition) is 5. The molecule has 0 aliphatic carbocycles. The second kappa shape index (κ2) is 4.17. The summed E-state index contributed by atoms with van der Waals surface area (Å²) >= 11 is 16.7. The van der Waals surface area contributed by atoms with Gasteiger partial charge in [-0.15, -0.1) is 30.4 Å². The quantitative estimate of drug-likeness (QED) is 0.371. The fourth-order valence-corrected chi connectivity index (χ4v) is 2.37. The van der Waals surface area contributed by atoms with Gasteiger partial charge < -0.3 is 0 Å². The lowest BCUT2D eigenvalue weighted by Crippen LogP contribution is -2.24. The van der Waals surface area contributed by atoms with E-state index < -0.39 is 4.87 Å². The summed E-state index contributed by atoms with van der Waals surface area (Å²) in [6.07, 6.45) is 2.36. The molecule has 7 heteroatoms. The molecule has 0 bridgehead atoms. The first kappa shape index (κ1) is 10.6. The van der Waals surface area contributed by atoms with Crippen molar-refractivity contribution >= 4 is 50.5 Å². The monoisotopic (exact) mass is 239 g/mol. The second-order valence-electron chi connectivity index (χ2n) is 2.40. The summed E-state index contributed by atoms with van der Waals surface area (Å²) in [5.41, 5.74) is 2.60. The number of nitrogens with one attached hydrogen (secondary N) is 1. The molecule has 1 rings (SSSR count). The Labute approximate surface area is 93.1 Å². The topological polar surface area (TPSA) is 36.8 Å². The molecule has 1 unspecified atom stereocenters. The Bertz CT molecular complexity index is 227. The Morgan fingerprint density at radius 2 is 2.25 bits per heavy atom. The van der Waals surface area contributed by atoms with Gasteiger partial charge in [-0.05, 0) is 6.08 Å². The van der Waals surface area contributed by atoms with E-state index in [0.717, 1.165) is 0 Å². The van der Waals surface area contributed by atoms with Gasteiger partial charge >= 0.3 is 0 Å². The minimum atomic E-state index is -0.628. The van der Waals surface area contributed by atoms with Crippen molar-refractivity contribution in [3.05, 3.63) is 11.1 Å². The van der Waals surface area contributed by atoms with Crippen LogP contribution in [0.2, 0.25) is 0 Å². The van der Waals surface area contributed by atoms with Crippen molar-refractivity contribution in [1.29, 1.82) is 0 Å². The molecule has 1 heterocycles. The van der Waals surface area contributed by atoms with Gasteiger partial charge in [-0.1, -0.05) is 5.22 Å². The van der Waals surface area contributed by atoms with Gasteiger partial charge in [-0.3, -0.25) is 5.43 Å². The highest BCUT2D eigenvalue weighted by molar-refractivity contribution is 7.99. The molecule has 0 fully saturated rings. The molecular formula is C5H9N3S4. The van der Waals surface area contributed by atoms with Crippen LogP contribution in [0.1, 0.15) is 6.42 Å². The number of thiol groups is 4. The largest absolute Gasteiger partial charge is 0.254 e. The SMILES string of the molecule is SC1=CC(S)(CC(S)S)N=NN1. The molecule has 0 spiro atoms. The third-order valence-electron chi connectivity index (χ3n) is 1.24. The molecule has 1 N–H and O–H groups in total. The molecule has 0 aromatic rings. The van der Waals surface area contributed by atoms with Crippen molar-refractivity contribution in [1.82, 2.24) is 5.43 Å². The Balaban J connectivity index is 2.69. The first-order valence-electron chi connectivity index (χ1n) is 3.20. The van der Waals surface area contributed by atoms with E-state index in [1.165, 1.54) is 0 Å². The van der Waals surface area contributed by atoms with Crippen LogP contribution in [0.3, 0.4) is 0 Å². The lowest BCUT2D eigenvalue weighted by Gasteiger charge is -2.23. The fraction of sp³-hybridized carbons (Fsp3) is 0.600. The maximum Gasteiger partial charge on any atom is 0.149 e. The van der Waals surface area contributed by atoms with Crippen LogP contribution in [0.25, 0.3) is 0 Å². The van der Waals surface area contributed by atoms with Gasteiger partial charge in [0.2, 0.25) is 0 Å². The summed E-state index contributed by atoms with van der Waals surface area (Å²) in [5.74, 6) is 0. The molecule has 1 atom stereocenters. The van der Waals surface area contributed by atoms with Crippen LogP contribution in [0.15, 0.2) is 21.4 Å². The molecule has 0 saturated carbocycles. The van der Waals surface area contributed by atoms with E-state index in [-0.39, 0.29) is 4.58 Å². The minimum absolute atomic E-state index is 0.0723. The molecule has 0 saturated heterocycles. The standard InChI is InChI=1S/C5H9N3S4/c9-3-1-5(12,2-4(10)11)7-8-6-3/h1,4,9-12H,2H2,(H,6,7). The van der Waals surface area contributed by atoms with Crippen molar-refractivity contribution in [3.8, 4) is 0 Å². The predicted octanol–water partition coefficient (Wildman–Crippen LogP) is 1.93. The summed E-state index contributed by atoms with van der Waals surface area (Å²) in [4.78, 5) is -0.628. The maximum atomic E-state index is 4.33. The average molecular weight is 239 g/mol. The van der Waals surface area contributed by atoms with E-state index in [4.69, 9.17) is 0 Å². The van der Waals surface area contributed by atoms with Gasteiger partial charge in [-0.25, -0.2) is 0 Å². The van der Waals surface area contributed by atoms with Gasteiger partial charge in [0, 0.05) is 11.0 Å². The average Bonchev–Trinajstić information content (AvgIpc) is 1.82. The number of hydrogen-bond acceptors (Lipinski definition) is 7. The van der Waals surface area contributed by atoms with Crippen LogP contribution in [-0.4, -0.2) is 9.45 Å². The van der Waals surface area contributed by atoms with Crippen LogP contribution in [0.5, 0.6) is 0 Å². The Hall–Kier alpha value is 0.540. The van der Waals surface area contributed by atoms with Gasteiger partial charge in [0.05, 0.1) is 5.03 Å². The Morgan fingerprint density at radius 3 is 2.75 bits per heavy atom. The third kappa shape index (κ3) is 3.12. The summed E-state index contributed by atoms with van der Waals surface area (Å²) in [6, 6.07) is 0. The van der Waals surface area contributed by atoms with E-state index in [0.29, 0.717) is 11.4 Å². The van der Waals surface area contributed by atoms with Gasteiger partial charge in [-0.2, -0.15) is 25.3 Å². The fourth-order valence-electron chi connectivity index (χ4n) is 0.811. The van der Waals surface area contributed by atoms with E-state index in [1.54, 1.807) is 6.08 Å². The molecule has 68 valence electrons. The summed E-state index contributed by atoms with van der Waals surface area (Å²) in [5, 5.41) is 8.20. The highest BCUT2D eigenvalue weighted by Gasteiger charge is 2.27. The second-order valence-corrected chi connectivity index (χ2v) is 5.31. The van der Waals surface area contributed by atoms with Crippen molar-refractivity contribution in [2.24, 2.45) is 10.3 Å². The molecule has 3 nitrogen and oxygen atoms in total. The maximum absolute atomic E-state index is 4.33. The van der Waals surface area contributed by atoms with Crippen molar-refractivity contribution in [2.75, 3.05) is 0 Å². The number of rotatable bonds is 2. The van der Waals surface area contributed by atoms with Crippen molar-refractivity contribution < 1.29 is 0 Å². The Kier molecular flexibility index (Phi) is 3.69. The van der Waals surface area contributed by atoms with Crippen molar-refractivity contribution in [3.63, 3.8) is 0 Å². The molecule has 0 radical (unpaired) electrons. The zero-order chi connectivity index (χ0) is 9.19. The van der Waals surface area contributed by atoms with Gasteiger partial charge in [0.25, 0.3) is 0 Å².